The highest BCUT2D eigenvalue weighted by molar-refractivity contribution is 7.90. The predicted octanol–water partition coefficient (Wildman–Crippen LogP) is -0.650. The quantitative estimate of drug-likeness (QED) is 0.699. The Bertz CT molecular complexity index is 577. The van der Waals surface area contributed by atoms with Crippen LogP contribution in [0, 0.1) is 0 Å². The molecule has 0 saturated carbocycles. The third-order valence-corrected chi connectivity index (χ3v) is 4.15. The Hall–Kier alpha value is -1.21. The maximum atomic E-state index is 11.7. The summed E-state index contributed by atoms with van der Waals surface area (Å²) in [5.41, 5.74) is 0.422. The molecule has 0 aromatic carbocycles. The molecule has 1 aromatic heterocycles. The lowest BCUT2D eigenvalue weighted by atomic mass is 10.2. The summed E-state index contributed by atoms with van der Waals surface area (Å²) in [6.07, 6.45) is 1.49. The number of nitrogens with one attached hydrogen (secondary N) is 2. The summed E-state index contributed by atoms with van der Waals surface area (Å²) < 4.78 is 22.8. The van der Waals surface area contributed by atoms with Gasteiger partial charge in [0.25, 0.3) is 5.56 Å². The molecule has 0 radical (unpaired) electrons. The van der Waals surface area contributed by atoms with E-state index in [1.807, 2.05) is 7.05 Å². The Labute approximate surface area is 99.4 Å². The molecule has 17 heavy (non-hydrogen) atoms. The molecule has 2 rings (SSSR count). The van der Waals surface area contributed by atoms with Crippen LogP contribution in [0.4, 0.5) is 0 Å². The number of rotatable bonds is 4. The molecule has 0 aliphatic carbocycles. The van der Waals surface area contributed by atoms with Crippen molar-refractivity contribution in [2.24, 2.45) is 0 Å². The van der Waals surface area contributed by atoms with Crippen molar-refractivity contribution in [2.75, 3.05) is 13.6 Å². The summed E-state index contributed by atoms with van der Waals surface area (Å²) >= 11 is 0. The van der Waals surface area contributed by atoms with Crippen LogP contribution in [0.3, 0.4) is 0 Å². The lowest BCUT2D eigenvalue weighted by molar-refractivity contribution is 0.597. The minimum atomic E-state index is -3.16. The van der Waals surface area contributed by atoms with Crippen LogP contribution in [-0.2, 0) is 27.8 Å². The number of hydrogen-bond acceptors (Lipinski definition) is 5. The zero-order chi connectivity index (χ0) is 12.5. The summed E-state index contributed by atoms with van der Waals surface area (Å²) in [5, 5.41) is 3.00. The number of sulfone groups is 1. The number of aromatic amines is 1. The second-order valence-electron chi connectivity index (χ2n) is 4.18. The third kappa shape index (κ3) is 2.73. The molecule has 7 heteroatoms. The van der Waals surface area contributed by atoms with E-state index in [-0.39, 0.29) is 17.1 Å². The van der Waals surface area contributed by atoms with E-state index >= 15 is 0 Å². The van der Waals surface area contributed by atoms with E-state index in [0.29, 0.717) is 23.5 Å². The Kier molecular flexibility index (Phi) is 3.30. The third-order valence-electron chi connectivity index (χ3n) is 2.71. The van der Waals surface area contributed by atoms with Gasteiger partial charge < -0.3 is 10.3 Å². The van der Waals surface area contributed by atoms with Crippen molar-refractivity contribution < 1.29 is 8.42 Å². The molecule has 6 nitrogen and oxygen atoms in total. The maximum Gasteiger partial charge on any atom is 0.255 e. The number of H-pyrrole nitrogens is 1. The van der Waals surface area contributed by atoms with E-state index in [0.717, 1.165) is 13.0 Å². The SMILES string of the molecule is CNCCCc1nc2c(c(=O)[nH]1)CS(=O)(=O)C2. The minimum Gasteiger partial charge on any atom is -0.320 e. The van der Waals surface area contributed by atoms with Crippen molar-refractivity contribution in [2.45, 2.75) is 24.3 Å². The molecule has 0 spiro atoms. The number of fused-ring (bicyclic) bond motifs is 1. The summed E-state index contributed by atoms with van der Waals surface area (Å²) in [6, 6.07) is 0. The average molecular weight is 257 g/mol. The smallest absolute Gasteiger partial charge is 0.255 e. The Morgan fingerprint density at radius 1 is 1.41 bits per heavy atom. The molecule has 94 valence electrons. The molecule has 0 amide bonds. The maximum absolute atomic E-state index is 11.7. The lowest BCUT2D eigenvalue weighted by Crippen LogP contribution is -2.18. The van der Waals surface area contributed by atoms with Crippen LogP contribution in [0.15, 0.2) is 4.79 Å². The molecule has 1 aromatic rings. The first-order valence-corrected chi connectivity index (χ1v) is 7.30. The largest absolute Gasteiger partial charge is 0.320 e. The molecule has 0 fully saturated rings. The van der Waals surface area contributed by atoms with Gasteiger partial charge in [-0.2, -0.15) is 0 Å². The van der Waals surface area contributed by atoms with Gasteiger partial charge in [-0.1, -0.05) is 0 Å². The van der Waals surface area contributed by atoms with Crippen LogP contribution < -0.4 is 10.9 Å². The molecular formula is C10H15N3O3S. The van der Waals surface area contributed by atoms with Crippen LogP contribution in [0.2, 0.25) is 0 Å². The summed E-state index contributed by atoms with van der Waals surface area (Å²) in [7, 11) is -1.31. The van der Waals surface area contributed by atoms with E-state index in [1.165, 1.54) is 0 Å². The molecule has 1 aliphatic heterocycles. The van der Waals surface area contributed by atoms with Gasteiger partial charge >= 0.3 is 0 Å². The van der Waals surface area contributed by atoms with Gasteiger partial charge in [0.2, 0.25) is 0 Å². The molecule has 0 bridgehead atoms. The zero-order valence-corrected chi connectivity index (χ0v) is 10.4. The van der Waals surface area contributed by atoms with Crippen molar-refractivity contribution in [3.05, 3.63) is 27.4 Å². The highest BCUT2D eigenvalue weighted by Gasteiger charge is 2.28. The van der Waals surface area contributed by atoms with Crippen molar-refractivity contribution >= 4 is 9.84 Å². The van der Waals surface area contributed by atoms with Gasteiger partial charge in [0.1, 0.15) is 5.82 Å². The number of nitrogens with zero attached hydrogens (tertiary/aromatic N) is 1. The van der Waals surface area contributed by atoms with Crippen LogP contribution in [-0.4, -0.2) is 32.0 Å². The van der Waals surface area contributed by atoms with Crippen LogP contribution in [0.25, 0.3) is 0 Å². The monoisotopic (exact) mass is 257 g/mol. The van der Waals surface area contributed by atoms with Gasteiger partial charge in [0.15, 0.2) is 9.84 Å². The van der Waals surface area contributed by atoms with E-state index in [2.05, 4.69) is 15.3 Å². The molecule has 0 saturated heterocycles. The summed E-state index contributed by atoms with van der Waals surface area (Å²) in [4.78, 5) is 18.5. The molecule has 1 aliphatic rings. The van der Waals surface area contributed by atoms with Gasteiger partial charge in [-0.25, -0.2) is 13.4 Å². The highest BCUT2D eigenvalue weighted by Crippen LogP contribution is 2.19. The molecule has 2 N–H and O–H groups in total. The van der Waals surface area contributed by atoms with Crippen LogP contribution >= 0.6 is 0 Å². The van der Waals surface area contributed by atoms with Gasteiger partial charge in [0, 0.05) is 6.42 Å². The standard InChI is InChI=1S/C10H15N3O3S/c1-11-4-2-3-9-12-8-6-17(15,16)5-7(8)10(14)13-9/h11H,2-6H2,1H3,(H,12,13,14). The first-order chi connectivity index (χ1) is 8.02. The normalized spacial score (nSPS) is 17.0. The van der Waals surface area contributed by atoms with E-state index < -0.39 is 9.84 Å². The lowest BCUT2D eigenvalue weighted by Gasteiger charge is -2.02. The average Bonchev–Trinajstić information content (AvgIpc) is 2.54. The van der Waals surface area contributed by atoms with Crippen molar-refractivity contribution in [1.29, 1.82) is 0 Å². The summed E-state index contributed by atoms with van der Waals surface area (Å²) in [6.45, 7) is 0.832. The second kappa shape index (κ2) is 4.58. The molecule has 2 heterocycles. The minimum absolute atomic E-state index is 0.106. The Morgan fingerprint density at radius 2 is 2.18 bits per heavy atom. The molecule has 0 atom stereocenters. The zero-order valence-electron chi connectivity index (χ0n) is 9.62. The van der Waals surface area contributed by atoms with E-state index in [1.54, 1.807) is 0 Å². The van der Waals surface area contributed by atoms with Gasteiger partial charge in [-0.15, -0.1) is 0 Å². The fourth-order valence-corrected chi connectivity index (χ4v) is 3.39. The van der Waals surface area contributed by atoms with Gasteiger partial charge in [-0.05, 0) is 20.0 Å². The van der Waals surface area contributed by atoms with Gasteiger partial charge in [-0.3, -0.25) is 4.79 Å². The van der Waals surface area contributed by atoms with E-state index in [4.69, 9.17) is 0 Å². The van der Waals surface area contributed by atoms with Crippen molar-refractivity contribution in [3.8, 4) is 0 Å². The fourth-order valence-electron chi connectivity index (χ4n) is 1.89. The topological polar surface area (TPSA) is 91.9 Å². The van der Waals surface area contributed by atoms with Gasteiger partial charge in [0.05, 0.1) is 22.8 Å². The Balaban J connectivity index is 2.25. The van der Waals surface area contributed by atoms with Crippen molar-refractivity contribution in [1.82, 2.24) is 15.3 Å². The summed E-state index contributed by atoms with van der Waals surface area (Å²) in [5.74, 6) is 0.285. The number of hydrogen-bond donors (Lipinski definition) is 2. The van der Waals surface area contributed by atoms with Crippen LogP contribution in [0.5, 0.6) is 0 Å². The molecule has 0 unspecified atom stereocenters. The second-order valence-corrected chi connectivity index (χ2v) is 6.24. The predicted molar refractivity (Wildman–Crippen MR) is 63.4 cm³/mol. The fraction of sp³-hybridized carbons (Fsp3) is 0.600. The highest BCUT2D eigenvalue weighted by atomic mass is 32.2. The molecular weight excluding hydrogens is 242 g/mol. The Morgan fingerprint density at radius 3 is 2.88 bits per heavy atom. The number of aryl methyl sites for hydroxylation is 1. The van der Waals surface area contributed by atoms with Crippen molar-refractivity contribution in [3.63, 3.8) is 0 Å². The first-order valence-electron chi connectivity index (χ1n) is 5.48. The number of aromatic nitrogens is 2. The van der Waals surface area contributed by atoms with Crippen LogP contribution in [0.1, 0.15) is 23.5 Å². The van der Waals surface area contributed by atoms with E-state index in [9.17, 15) is 13.2 Å². The first kappa shape index (κ1) is 12.3.